The third-order valence-corrected chi connectivity index (χ3v) is 4.28. The number of nitrogen functional groups attached to an aromatic ring is 1. The van der Waals surface area contributed by atoms with Gasteiger partial charge in [-0.2, -0.15) is 0 Å². The van der Waals surface area contributed by atoms with Crippen LogP contribution >= 0.6 is 22.6 Å². The van der Waals surface area contributed by atoms with E-state index in [4.69, 9.17) is 5.73 Å². The van der Waals surface area contributed by atoms with Crippen molar-refractivity contribution in [1.29, 1.82) is 0 Å². The second-order valence-electron chi connectivity index (χ2n) is 5.13. The van der Waals surface area contributed by atoms with Gasteiger partial charge in [0.15, 0.2) is 0 Å². The first kappa shape index (κ1) is 13.4. The van der Waals surface area contributed by atoms with E-state index in [0.717, 1.165) is 32.5 Å². The molecule has 0 aromatic heterocycles. The highest BCUT2D eigenvalue weighted by Crippen LogP contribution is 2.34. The summed E-state index contributed by atoms with van der Waals surface area (Å²) < 4.78 is 1.07. The number of carbonyl (C=O) groups is 1. The zero-order valence-electron chi connectivity index (χ0n) is 11.1. The van der Waals surface area contributed by atoms with Crippen LogP contribution in [0.3, 0.4) is 0 Å². The molecule has 0 fully saturated rings. The average molecular weight is 378 g/mol. The summed E-state index contributed by atoms with van der Waals surface area (Å²) in [5, 5.41) is 0. The Kier molecular flexibility index (Phi) is 3.41. The number of anilines is 2. The third kappa shape index (κ3) is 2.28. The molecule has 2 N–H and O–H groups in total. The Morgan fingerprint density at radius 2 is 2.10 bits per heavy atom. The second-order valence-corrected chi connectivity index (χ2v) is 6.37. The monoisotopic (exact) mass is 378 g/mol. The quantitative estimate of drug-likeness (QED) is 0.610. The standard InChI is InChI=1S/C16H15IN2O/c1-10-7-12-9-14(18)5-6-15(12)19(10)16(20)11-3-2-4-13(17)8-11/h2-6,8-10H,7,18H2,1H3. The van der Waals surface area contributed by atoms with Crippen LogP contribution in [0, 0.1) is 3.57 Å². The maximum Gasteiger partial charge on any atom is 0.258 e. The molecule has 1 unspecified atom stereocenters. The molecule has 1 aliphatic rings. The fraction of sp³-hybridized carbons (Fsp3) is 0.188. The number of benzene rings is 2. The van der Waals surface area contributed by atoms with Gasteiger partial charge < -0.3 is 10.6 Å². The van der Waals surface area contributed by atoms with Crippen molar-refractivity contribution in [3.8, 4) is 0 Å². The Morgan fingerprint density at radius 3 is 2.85 bits per heavy atom. The lowest BCUT2D eigenvalue weighted by molar-refractivity contribution is 0.0981. The summed E-state index contributed by atoms with van der Waals surface area (Å²) in [6.45, 7) is 2.07. The van der Waals surface area contributed by atoms with Crippen molar-refractivity contribution in [1.82, 2.24) is 0 Å². The molecular weight excluding hydrogens is 363 g/mol. The van der Waals surface area contributed by atoms with Crippen LogP contribution in [0.2, 0.25) is 0 Å². The fourth-order valence-corrected chi connectivity index (χ4v) is 3.26. The summed E-state index contributed by atoms with van der Waals surface area (Å²) >= 11 is 2.22. The number of hydrogen-bond donors (Lipinski definition) is 1. The predicted molar refractivity (Wildman–Crippen MR) is 90.0 cm³/mol. The van der Waals surface area contributed by atoms with Gasteiger partial charge in [0, 0.05) is 26.6 Å². The Morgan fingerprint density at radius 1 is 1.30 bits per heavy atom. The zero-order valence-corrected chi connectivity index (χ0v) is 13.3. The molecule has 1 amide bonds. The summed E-state index contributed by atoms with van der Waals surface area (Å²) in [5.74, 6) is 0.0551. The van der Waals surface area contributed by atoms with Gasteiger partial charge in [0.25, 0.3) is 5.91 Å². The van der Waals surface area contributed by atoms with Gasteiger partial charge in [-0.15, -0.1) is 0 Å². The van der Waals surface area contributed by atoms with Crippen molar-refractivity contribution in [3.63, 3.8) is 0 Å². The molecule has 0 bridgehead atoms. The second kappa shape index (κ2) is 5.09. The van der Waals surface area contributed by atoms with E-state index in [-0.39, 0.29) is 11.9 Å². The van der Waals surface area contributed by atoms with Crippen LogP contribution in [-0.4, -0.2) is 11.9 Å². The highest BCUT2D eigenvalue weighted by molar-refractivity contribution is 14.1. The predicted octanol–water partition coefficient (Wildman–Crippen LogP) is 3.46. The van der Waals surface area contributed by atoms with E-state index in [1.807, 2.05) is 47.4 Å². The number of carbonyl (C=O) groups excluding carboxylic acids is 1. The Labute approximate surface area is 131 Å². The largest absolute Gasteiger partial charge is 0.399 e. The molecule has 1 heterocycles. The lowest BCUT2D eigenvalue weighted by Gasteiger charge is -2.23. The zero-order chi connectivity index (χ0) is 14.3. The highest BCUT2D eigenvalue weighted by atomic mass is 127. The normalized spacial score (nSPS) is 17.1. The summed E-state index contributed by atoms with van der Waals surface area (Å²) in [6.07, 6.45) is 0.857. The minimum Gasteiger partial charge on any atom is -0.399 e. The smallest absolute Gasteiger partial charge is 0.258 e. The summed E-state index contributed by atoms with van der Waals surface area (Å²) in [4.78, 5) is 14.6. The van der Waals surface area contributed by atoms with E-state index < -0.39 is 0 Å². The maximum atomic E-state index is 12.7. The Balaban J connectivity index is 2.01. The topological polar surface area (TPSA) is 46.3 Å². The lowest BCUT2D eigenvalue weighted by atomic mass is 10.1. The van der Waals surface area contributed by atoms with Crippen molar-refractivity contribution >= 4 is 39.9 Å². The molecule has 3 nitrogen and oxygen atoms in total. The van der Waals surface area contributed by atoms with Crippen LogP contribution in [0.4, 0.5) is 11.4 Å². The number of rotatable bonds is 1. The van der Waals surface area contributed by atoms with Crippen molar-refractivity contribution in [2.75, 3.05) is 10.6 Å². The number of amides is 1. The van der Waals surface area contributed by atoms with Crippen molar-refractivity contribution in [3.05, 3.63) is 57.2 Å². The minimum atomic E-state index is 0.0551. The van der Waals surface area contributed by atoms with Gasteiger partial charge in [0.2, 0.25) is 0 Å². The number of nitrogens with zero attached hydrogens (tertiary/aromatic N) is 1. The molecule has 0 radical (unpaired) electrons. The maximum absolute atomic E-state index is 12.7. The SMILES string of the molecule is CC1Cc2cc(N)ccc2N1C(=O)c1cccc(I)c1. The summed E-state index contributed by atoms with van der Waals surface area (Å²) in [6, 6.07) is 13.6. The van der Waals surface area contributed by atoms with Gasteiger partial charge in [-0.05, 0) is 77.9 Å². The van der Waals surface area contributed by atoms with Gasteiger partial charge in [-0.1, -0.05) is 6.07 Å². The molecule has 0 saturated carbocycles. The molecular formula is C16H15IN2O. The molecule has 2 aromatic carbocycles. The van der Waals surface area contributed by atoms with E-state index in [9.17, 15) is 4.79 Å². The first-order valence-electron chi connectivity index (χ1n) is 6.54. The van der Waals surface area contributed by atoms with E-state index in [1.54, 1.807) is 0 Å². The van der Waals surface area contributed by atoms with Crippen molar-refractivity contribution < 1.29 is 4.79 Å². The van der Waals surface area contributed by atoms with E-state index >= 15 is 0 Å². The first-order valence-corrected chi connectivity index (χ1v) is 7.61. The van der Waals surface area contributed by atoms with Gasteiger partial charge in [0.1, 0.15) is 0 Å². The van der Waals surface area contributed by atoms with Crippen LogP contribution in [0.25, 0.3) is 0 Å². The molecule has 0 saturated heterocycles. The Bertz CT molecular complexity index is 684. The first-order chi connectivity index (χ1) is 9.56. The van der Waals surface area contributed by atoms with Crippen molar-refractivity contribution in [2.24, 2.45) is 0 Å². The Hall–Kier alpha value is -1.56. The van der Waals surface area contributed by atoms with Gasteiger partial charge >= 0.3 is 0 Å². The van der Waals surface area contributed by atoms with Gasteiger partial charge in [-0.25, -0.2) is 0 Å². The van der Waals surface area contributed by atoms with E-state index in [2.05, 4.69) is 29.5 Å². The molecule has 0 spiro atoms. The van der Waals surface area contributed by atoms with Crippen LogP contribution in [-0.2, 0) is 6.42 Å². The molecule has 1 aliphatic heterocycles. The van der Waals surface area contributed by atoms with Crippen LogP contribution in [0.5, 0.6) is 0 Å². The summed E-state index contributed by atoms with van der Waals surface area (Å²) in [5.41, 5.74) is 9.44. The molecule has 2 aromatic rings. The van der Waals surface area contributed by atoms with Crippen LogP contribution in [0.15, 0.2) is 42.5 Å². The van der Waals surface area contributed by atoms with E-state index in [0.29, 0.717) is 0 Å². The summed E-state index contributed by atoms with van der Waals surface area (Å²) in [7, 11) is 0. The molecule has 1 atom stereocenters. The number of fused-ring (bicyclic) bond motifs is 1. The number of hydrogen-bond acceptors (Lipinski definition) is 2. The molecule has 0 aliphatic carbocycles. The minimum absolute atomic E-state index is 0.0551. The third-order valence-electron chi connectivity index (χ3n) is 3.61. The molecule has 102 valence electrons. The van der Waals surface area contributed by atoms with E-state index in [1.165, 1.54) is 0 Å². The molecule has 20 heavy (non-hydrogen) atoms. The molecule has 3 rings (SSSR count). The number of nitrogens with two attached hydrogens (primary N) is 1. The lowest BCUT2D eigenvalue weighted by Crippen LogP contribution is -2.35. The fourth-order valence-electron chi connectivity index (χ4n) is 2.72. The van der Waals surface area contributed by atoms with Crippen LogP contribution in [0.1, 0.15) is 22.8 Å². The van der Waals surface area contributed by atoms with Gasteiger partial charge in [0.05, 0.1) is 0 Å². The van der Waals surface area contributed by atoms with Gasteiger partial charge in [-0.3, -0.25) is 4.79 Å². The van der Waals surface area contributed by atoms with Crippen molar-refractivity contribution in [2.45, 2.75) is 19.4 Å². The highest BCUT2D eigenvalue weighted by Gasteiger charge is 2.31. The molecule has 4 heteroatoms. The van der Waals surface area contributed by atoms with Crippen LogP contribution < -0.4 is 10.6 Å². The average Bonchev–Trinajstić information content (AvgIpc) is 2.73. The number of halogens is 1.